The van der Waals surface area contributed by atoms with Crippen LogP contribution in [0.5, 0.6) is 0 Å². The quantitative estimate of drug-likeness (QED) is 0.320. The van der Waals surface area contributed by atoms with Crippen LogP contribution in [-0.4, -0.2) is 85.4 Å². The molecule has 2 saturated heterocycles. The van der Waals surface area contributed by atoms with Crippen molar-refractivity contribution in [2.75, 3.05) is 47.3 Å². The molecule has 2 unspecified atom stereocenters. The van der Waals surface area contributed by atoms with Crippen LogP contribution < -0.4 is 5.32 Å². The van der Waals surface area contributed by atoms with E-state index in [1.807, 2.05) is 32.3 Å². The fourth-order valence-corrected chi connectivity index (χ4v) is 7.35. The molecule has 2 aliphatic heterocycles. The molecular formula is C31H40Cl4N4O2. The predicted octanol–water partition coefficient (Wildman–Crippen LogP) is 7.00. The lowest BCUT2D eigenvalue weighted by Gasteiger charge is -2.51. The molecule has 2 fully saturated rings. The molecule has 6 nitrogen and oxygen atoms in total. The molecule has 0 bridgehead atoms. The van der Waals surface area contributed by atoms with E-state index in [2.05, 4.69) is 10.2 Å². The largest absolute Gasteiger partial charge is 0.347 e. The number of carbonyl (C=O) groups excluding carboxylic acids is 2. The van der Waals surface area contributed by atoms with Crippen LogP contribution in [0.2, 0.25) is 20.1 Å². The minimum Gasteiger partial charge on any atom is -0.347 e. The molecule has 1 N–H and O–H groups in total. The number of halogens is 4. The lowest BCUT2D eigenvalue weighted by atomic mass is 9.80. The Morgan fingerprint density at radius 1 is 0.976 bits per heavy atom. The lowest BCUT2D eigenvalue weighted by molar-refractivity contribution is -0.148. The maximum Gasteiger partial charge on any atom is 0.255 e. The van der Waals surface area contributed by atoms with Gasteiger partial charge in [-0.25, -0.2) is 0 Å². The summed E-state index contributed by atoms with van der Waals surface area (Å²) in [5.74, 6) is 0.0560. The van der Waals surface area contributed by atoms with E-state index < -0.39 is 5.54 Å². The van der Waals surface area contributed by atoms with Gasteiger partial charge in [-0.2, -0.15) is 0 Å². The van der Waals surface area contributed by atoms with Gasteiger partial charge in [0.1, 0.15) is 5.54 Å². The van der Waals surface area contributed by atoms with Gasteiger partial charge in [-0.05, 0) is 94.1 Å². The maximum absolute atomic E-state index is 13.7. The Hall–Kier alpha value is -1.54. The van der Waals surface area contributed by atoms with E-state index in [-0.39, 0.29) is 23.8 Å². The van der Waals surface area contributed by atoms with Crippen LogP contribution in [0, 0.1) is 0 Å². The highest BCUT2D eigenvalue weighted by atomic mass is 35.5. The summed E-state index contributed by atoms with van der Waals surface area (Å²) in [7, 11) is 5.53. The number of benzene rings is 2. The van der Waals surface area contributed by atoms with Crippen molar-refractivity contribution >= 4 is 58.2 Å². The molecule has 2 heterocycles. The Kier molecular flexibility index (Phi) is 11.3. The van der Waals surface area contributed by atoms with Gasteiger partial charge in [0.15, 0.2) is 0 Å². The zero-order chi connectivity index (χ0) is 29.7. The minimum absolute atomic E-state index is 0.0158. The molecule has 10 heteroatoms. The molecule has 2 atom stereocenters. The molecule has 0 aromatic heterocycles. The van der Waals surface area contributed by atoms with Gasteiger partial charge in [0.05, 0.1) is 20.6 Å². The summed E-state index contributed by atoms with van der Waals surface area (Å²) in [4.78, 5) is 33.1. The van der Waals surface area contributed by atoms with Crippen molar-refractivity contribution in [2.45, 2.75) is 62.4 Å². The molecule has 224 valence electrons. The van der Waals surface area contributed by atoms with E-state index in [0.29, 0.717) is 32.2 Å². The first-order chi connectivity index (χ1) is 19.5. The van der Waals surface area contributed by atoms with Crippen LogP contribution in [0.4, 0.5) is 0 Å². The van der Waals surface area contributed by atoms with E-state index in [4.69, 9.17) is 46.4 Å². The zero-order valence-electron chi connectivity index (χ0n) is 24.1. The molecular weight excluding hydrogens is 602 g/mol. The molecule has 0 aliphatic carbocycles. The predicted molar refractivity (Wildman–Crippen MR) is 170 cm³/mol. The van der Waals surface area contributed by atoms with Crippen LogP contribution in [0.15, 0.2) is 36.4 Å². The third kappa shape index (κ3) is 7.52. The summed E-state index contributed by atoms with van der Waals surface area (Å²) >= 11 is 25.1. The Bertz CT molecular complexity index is 1230. The zero-order valence-corrected chi connectivity index (χ0v) is 27.1. The number of amides is 2. The van der Waals surface area contributed by atoms with Crippen LogP contribution >= 0.6 is 46.4 Å². The van der Waals surface area contributed by atoms with Gasteiger partial charge >= 0.3 is 0 Å². The van der Waals surface area contributed by atoms with Gasteiger partial charge in [0.25, 0.3) is 5.91 Å². The Morgan fingerprint density at radius 3 is 2.37 bits per heavy atom. The Balaban J connectivity index is 1.58. The molecule has 4 rings (SSSR count). The van der Waals surface area contributed by atoms with E-state index in [0.717, 1.165) is 70.1 Å². The van der Waals surface area contributed by atoms with Crippen LogP contribution in [0.3, 0.4) is 0 Å². The number of rotatable bonds is 9. The van der Waals surface area contributed by atoms with Crippen molar-refractivity contribution in [3.05, 3.63) is 67.6 Å². The number of piperidine rings is 2. The number of nitrogens with zero attached hydrogens (tertiary/aromatic N) is 3. The van der Waals surface area contributed by atoms with Gasteiger partial charge in [0.2, 0.25) is 5.91 Å². The van der Waals surface area contributed by atoms with Gasteiger partial charge in [-0.3, -0.25) is 14.5 Å². The average molecular weight is 642 g/mol. The van der Waals surface area contributed by atoms with E-state index in [1.165, 1.54) is 0 Å². The minimum atomic E-state index is -0.475. The van der Waals surface area contributed by atoms with Crippen molar-refractivity contribution in [1.82, 2.24) is 20.0 Å². The second-order valence-electron chi connectivity index (χ2n) is 11.6. The van der Waals surface area contributed by atoms with Gasteiger partial charge in [-0.1, -0.05) is 58.9 Å². The number of likely N-dealkylation sites (tertiary alicyclic amines) is 1. The van der Waals surface area contributed by atoms with Gasteiger partial charge in [0, 0.05) is 44.7 Å². The Labute approximate surface area is 264 Å². The number of likely N-dealkylation sites (N-methyl/N-ethyl adjacent to an activating group) is 2. The third-order valence-corrected chi connectivity index (χ3v) is 9.96. The summed E-state index contributed by atoms with van der Waals surface area (Å²) < 4.78 is 0. The van der Waals surface area contributed by atoms with Crippen molar-refractivity contribution in [3.8, 4) is 0 Å². The summed E-state index contributed by atoms with van der Waals surface area (Å²) in [5, 5.41) is 5.26. The third-order valence-electron chi connectivity index (χ3n) is 8.68. The van der Waals surface area contributed by atoms with E-state index >= 15 is 0 Å². The summed E-state index contributed by atoms with van der Waals surface area (Å²) in [6.07, 6.45) is 6.67. The molecule has 0 spiro atoms. The first-order valence-electron chi connectivity index (χ1n) is 14.4. The van der Waals surface area contributed by atoms with Crippen molar-refractivity contribution in [2.24, 2.45) is 0 Å². The standard InChI is InChI=1S/C31H40Cl4N4O2/c1-37(2)30(41)31(13-15-36-16-14-31)39-17-5-4-6-24(39)10-7-22(21-8-12-26(33)28(35)18-21)20-38(3)29(40)25-11-9-23(32)19-27(25)34/h8-9,11-12,18-19,22,24,36H,4-7,10,13-17,20H2,1-3H3. The summed E-state index contributed by atoms with van der Waals surface area (Å²) in [5.41, 5.74) is 0.973. The monoisotopic (exact) mass is 640 g/mol. The highest BCUT2D eigenvalue weighted by Gasteiger charge is 2.48. The highest BCUT2D eigenvalue weighted by Crippen LogP contribution is 2.38. The van der Waals surface area contributed by atoms with Gasteiger partial charge < -0.3 is 15.1 Å². The van der Waals surface area contributed by atoms with E-state index in [9.17, 15) is 9.59 Å². The molecule has 2 aromatic carbocycles. The molecule has 41 heavy (non-hydrogen) atoms. The molecule has 0 saturated carbocycles. The Morgan fingerprint density at radius 2 is 1.71 bits per heavy atom. The molecule has 2 aliphatic rings. The lowest BCUT2D eigenvalue weighted by Crippen LogP contribution is -2.66. The summed E-state index contributed by atoms with van der Waals surface area (Å²) in [6.45, 7) is 3.09. The normalized spacial score (nSPS) is 19.9. The van der Waals surface area contributed by atoms with Crippen molar-refractivity contribution < 1.29 is 9.59 Å². The second kappa shape index (κ2) is 14.3. The smallest absolute Gasteiger partial charge is 0.255 e. The molecule has 2 aromatic rings. The summed E-state index contributed by atoms with van der Waals surface area (Å²) in [6, 6.07) is 10.9. The van der Waals surface area contributed by atoms with Crippen LogP contribution in [-0.2, 0) is 4.79 Å². The highest BCUT2D eigenvalue weighted by molar-refractivity contribution is 6.42. The van der Waals surface area contributed by atoms with Crippen molar-refractivity contribution in [3.63, 3.8) is 0 Å². The van der Waals surface area contributed by atoms with Crippen LogP contribution in [0.1, 0.15) is 66.8 Å². The molecule has 2 amide bonds. The molecule has 0 radical (unpaired) electrons. The first-order valence-corrected chi connectivity index (χ1v) is 15.9. The SMILES string of the molecule is CN(C)C(=O)C1(N2CCCCC2CCC(CN(C)C(=O)c2ccc(Cl)cc2Cl)c2ccc(Cl)c(Cl)c2)CCNCC1. The number of hydrogen-bond donors (Lipinski definition) is 1. The fraction of sp³-hybridized carbons (Fsp3) is 0.548. The topological polar surface area (TPSA) is 55.9 Å². The average Bonchev–Trinajstić information content (AvgIpc) is 2.96. The first kappa shape index (κ1) is 32.4. The van der Waals surface area contributed by atoms with E-state index in [1.54, 1.807) is 35.0 Å². The second-order valence-corrected chi connectivity index (χ2v) is 13.2. The maximum atomic E-state index is 13.7. The fourth-order valence-electron chi connectivity index (χ4n) is 6.55. The number of hydrogen-bond acceptors (Lipinski definition) is 4. The van der Waals surface area contributed by atoms with Crippen molar-refractivity contribution in [1.29, 1.82) is 0 Å². The van der Waals surface area contributed by atoms with Gasteiger partial charge in [-0.15, -0.1) is 0 Å². The van der Waals surface area contributed by atoms with Crippen LogP contribution in [0.25, 0.3) is 0 Å². The number of nitrogens with one attached hydrogen (secondary N) is 1. The number of carbonyl (C=O) groups is 2.